The molecule has 0 bridgehead atoms. The van der Waals surface area contributed by atoms with Gasteiger partial charge in [-0.3, -0.25) is 0 Å². The highest BCUT2D eigenvalue weighted by molar-refractivity contribution is 5.12. The topological polar surface area (TPSA) is 55.9 Å². The Balaban J connectivity index is 2.26. The van der Waals surface area contributed by atoms with Crippen LogP contribution in [0.4, 0.5) is 0 Å². The van der Waals surface area contributed by atoms with Crippen molar-refractivity contribution in [1.82, 2.24) is 19.9 Å². The van der Waals surface area contributed by atoms with Gasteiger partial charge in [0.05, 0.1) is 30.0 Å². The number of rotatable bonds is 4. The second kappa shape index (κ2) is 4.33. The molecular formula is C12H18N4O. The van der Waals surface area contributed by atoms with Gasteiger partial charge in [0, 0.05) is 0 Å². The van der Waals surface area contributed by atoms with E-state index in [2.05, 4.69) is 29.1 Å². The number of oxazole rings is 1. The van der Waals surface area contributed by atoms with Crippen molar-refractivity contribution in [3.8, 4) is 0 Å². The minimum Gasteiger partial charge on any atom is -0.444 e. The summed E-state index contributed by atoms with van der Waals surface area (Å²) in [5.41, 5.74) is 0.980. The summed E-state index contributed by atoms with van der Waals surface area (Å²) in [5, 5.41) is 3.26. The van der Waals surface area contributed by atoms with Crippen molar-refractivity contribution in [2.75, 3.05) is 7.05 Å². The minimum absolute atomic E-state index is 0.127. The van der Waals surface area contributed by atoms with E-state index in [1.165, 1.54) is 0 Å². The summed E-state index contributed by atoms with van der Waals surface area (Å²) >= 11 is 0. The zero-order valence-electron chi connectivity index (χ0n) is 10.7. The molecule has 2 aromatic heterocycles. The highest BCUT2D eigenvalue weighted by Crippen LogP contribution is 2.19. The fraction of sp³-hybridized carbons (Fsp3) is 0.500. The number of hydrogen-bond donors (Lipinski definition) is 1. The van der Waals surface area contributed by atoms with E-state index in [-0.39, 0.29) is 5.54 Å². The Hall–Kier alpha value is -1.62. The normalized spacial score (nSPS) is 12.0. The maximum Gasteiger partial charge on any atom is 0.214 e. The van der Waals surface area contributed by atoms with Crippen molar-refractivity contribution in [2.24, 2.45) is 0 Å². The second-order valence-corrected chi connectivity index (χ2v) is 4.65. The van der Waals surface area contributed by atoms with Crippen molar-refractivity contribution in [2.45, 2.75) is 32.9 Å². The molecule has 0 atom stereocenters. The van der Waals surface area contributed by atoms with Crippen LogP contribution in [0.1, 0.15) is 31.2 Å². The molecular weight excluding hydrogens is 216 g/mol. The van der Waals surface area contributed by atoms with Gasteiger partial charge < -0.3 is 14.3 Å². The number of nitrogens with zero attached hydrogens (tertiary/aromatic N) is 3. The van der Waals surface area contributed by atoms with E-state index in [0.717, 1.165) is 11.5 Å². The molecule has 5 nitrogen and oxygen atoms in total. The molecule has 5 heteroatoms. The van der Waals surface area contributed by atoms with E-state index >= 15 is 0 Å². The van der Waals surface area contributed by atoms with Crippen LogP contribution in [-0.4, -0.2) is 21.6 Å². The summed E-state index contributed by atoms with van der Waals surface area (Å²) in [4.78, 5) is 8.40. The molecule has 2 rings (SSSR count). The number of hydrogen-bond acceptors (Lipinski definition) is 4. The molecule has 1 N–H and O–H groups in total. The Labute approximate surface area is 101 Å². The van der Waals surface area contributed by atoms with Gasteiger partial charge in [0.25, 0.3) is 0 Å². The molecule has 17 heavy (non-hydrogen) atoms. The Bertz CT molecular complexity index is 498. The van der Waals surface area contributed by atoms with Gasteiger partial charge in [-0.2, -0.15) is 0 Å². The fourth-order valence-corrected chi connectivity index (χ4v) is 1.72. The Kier molecular flexibility index (Phi) is 3.02. The third-order valence-electron chi connectivity index (χ3n) is 2.95. The lowest BCUT2D eigenvalue weighted by molar-refractivity contribution is 0.397. The van der Waals surface area contributed by atoms with Crippen LogP contribution < -0.4 is 5.32 Å². The lowest BCUT2D eigenvalue weighted by Gasteiger charge is -2.25. The van der Waals surface area contributed by atoms with Gasteiger partial charge in [-0.25, -0.2) is 9.97 Å². The highest BCUT2D eigenvalue weighted by atomic mass is 16.4. The third kappa shape index (κ3) is 2.39. The molecule has 92 valence electrons. The molecule has 0 fully saturated rings. The molecule has 2 aromatic rings. The number of imidazole rings is 1. The summed E-state index contributed by atoms with van der Waals surface area (Å²) in [6, 6.07) is 0. The van der Waals surface area contributed by atoms with Gasteiger partial charge in [0.1, 0.15) is 12.3 Å². The summed E-state index contributed by atoms with van der Waals surface area (Å²) in [5.74, 6) is 1.53. The van der Waals surface area contributed by atoms with E-state index in [0.29, 0.717) is 12.4 Å². The highest BCUT2D eigenvalue weighted by Gasteiger charge is 2.22. The third-order valence-corrected chi connectivity index (χ3v) is 2.95. The standard InChI is InChI=1S/C12H18N4O/c1-9-5-15-11(17-9)7-16-8-14-6-10(16)12(2,3)13-4/h5-6,8,13H,7H2,1-4H3. The molecule has 0 aliphatic rings. The fourth-order valence-electron chi connectivity index (χ4n) is 1.72. The molecule has 0 unspecified atom stereocenters. The van der Waals surface area contributed by atoms with Crippen LogP contribution in [-0.2, 0) is 12.1 Å². The smallest absolute Gasteiger partial charge is 0.214 e. The van der Waals surface area contributed by atoms with E-state index < -0.39 is 0 Å². The molecule has 0 aliphatic carbocycles. The van der Waals surface area contributed by atoms with Crippen LogP contribution in [0.25, 0.3) is 0 Å². The lowest BCUT2D eigenvalue weighted by Crippen LogP contribution is -2.35. The molecule has 0 spiro atoms. The van der Waals surface area contributed by atoms with Crippen LogP contribution >= 0.6 is 0 Å². The average Bonchev–Trinajstić information content (AvgIpc) is 2.89. The summed E-state index contributed by atoms with van der Waals surface area (Å²) in [6.45, 7) is 6.72. The van der Waals surface area contributed by atoms with Gasteiger partial charge >= 0.3 is 0 Å². The van der Waals surface area contributed by atoms with Crippen LogP contribution in [0.5, 0.6) is 0 Å². The number of aromatic nitrogens is 3. The largest absolute Gasteiger partial charge is 0.444 e. The average molecular weight is 234 g/mol. The maximum absolute atomic E-state index is 5.48. The van der Waals surface area contributed by atoms with Gasteiger partial charge in [-0.1, -0.05) is 0 Å². The molecule has 0 aliphatic heterocycles. The van der Waals surface area contributed by atoms with E-state index in [9.17, 15) is 0 Å². The van der Waals surface area contributed by atoms with Crippen molar-refractivity contribution < 1.29 is 4.42 Å². The molecule has 0 radical (unpaired) electrons. The number of nitrogens with one attached hydrogen (secondary N) is 1. The van der Waals surface area contributed by atoms with Crippen LogP contribution in [0, 0.1) is 6.92 Å². The Morgan fingerprint density at radius 2 is 2.18 bits per heavy atom. The first kappa shape index (κ1) is 11.9. The number of aryl methyl sites for hydroxylation is 1. The quantitative estimate of drug-likeness (QED) is 0.874. The van der Waals surface area contributed by atoms with Crippen molar-refractivity contribution in [3.63, 3.8) is 0 Å². The van der Waals surface area contributed by atoms with Crippen LogP contribution in [0.2, 0.25) is 0 Å². The summed E-state index contributed by atoms with van der Waals surface area (Å²) in [7, 11) is 1.94. The van der Waals surface area contributed by atoms with Gasteiger partial charge in [0.15, 0.2) is 0 Å². The Morgan fingerprint density at radius 3 is 2.76 bits per heavy atom. The van der Waals surface area contributed by atoms with Crippen LogP contribution in [0.3, 0.4) is 0 Å². The predicted molar refractivity (Wildman–Crippen MR) is 64.7 cm³/mol. The lowest BCUT2D eigenvalue weighted by atomic mass is 10.0. The molecule has 0 saturated carbocycles. The summed E-state index contributed by atoms with van der Waals surface area (Å²) in [6.07, 6.45) is 5.40. The monoisotopic (exact) mass is 234 g/mol. The minimum atomic E-state index is -0.127. The second-order valence-electron chi connectivity index (χ2n) is 4.65. The zero-order valence-corrected chi connectivity index (χ0v) is 10.7. The van der Waals surface area contributed by atoms with Crippen molar-refractivity contribution in [1.29, 1.82) is 0 Å². The van der Waals surface area contributed by atoms with E-state index in [1.54, 1.807) is 12.5 Å². The zero-order chi connectivity index (χ0) is 12.5. The molecule has 0 amide bonds. The van der Waals surface area contributed by atoms with Gasteiger partial charge in [0.2, 0.25) is 5.89 Å². The SMILES string of the molecule is CNC(C)(C)c1cncn1Cc1ncc(C)o1. The summed E-state index contributed by atoms with van der Waals surface area (Å²) < 4.78 is 7.52. The Morgan fingerprint density at radius 1 is 1.41 bits per heavy atom. The first-order valence-electron chi connectivity index (χ1n) is 5.64. The molecule has 0 saturated heterocycles. The first-order chi connectivity index (χ1) is 8.03. The molecule has 2 heterocycles. The van der Waals surface area contributed by atoms with Crippen molar-refractivity contribution in [3.05, 3.63) is 36.1 Å². The predicted octanol–water partition coefficient (Wildman–Crippen LogP) is 1.68. The van der Waals surface area contributed by atoms with Crippen LogP contribution in [0.15, 0.2) is 23.1 Å². The van der Waals surface area contributed by atoms with Gasteiger partial charge in [-0.15, -0.1) is 0 Å². The van der Waals surface area contributed by atoms with Gasteiger partial charge in [-0.05, 0) is 27.8 Å². The molecule has 0 aromatic carbocycles. The van der Waals surface area contributed by atoms with E-state index in [1.807, 2.05) is 24.7 Å². The maximum atomic E-state index is 5.48. The van der Waals surface area contributed by atoms with Crippen molar-refractivity contribution >= 4 is 0 Å². The first-order valence-corrected chi connectivity index (χ1v) is 5.64. The van der Waals surface area contributed by atoms with E-state index in [4.69, 9.17) is 4.42 Å².